The molecule has 1 N–H and O–H groups in total. The lowest BCUT2D eigenvalue weighted by Crippen LogP contribution is -2.48. The fourth-order valence-corrected chi connectivity index (χ4v) is 3.32. The minimum atomic E-state index is 0.0309. The van der Waals surface area contributed by atoms with Gasteiger partial charge in [-0.25, -0.2) is 0 Å². The molecule has 0 heterocycles. The number of hydrogen-bond donors (Lipinski definition) is 1. The molecule has 1 spiro atoms. The molecule has 2 fully saturated rings. The van der Waals surface area contributed by atoms with Crippen molar-refractivity contribution in [3.8, 4) is 0 Å². The van der Waals surface area contributed by atoms with E-state index in [9.17, 15) is 5.11 Å². The Kier molecular flexibility index (Phi) is 2.42. The third kappa shape index (κ3) is 1.60. The van der Waals surface area contributed by atoms with Crippen molar-refractivity contribution in [1.29, 1.82) is 0 Å². The standard InChI is InChI=1S/C13H24O/c1-12(2,3)10-4-7-13(8-5-10)9-6-11(13)14/h10-11,14H,4-9H2,1-3H3. The Bertz CT molecular complexity index is 206. The Morgan fingerprint density at radius 3 is 1.79 bits per heavy atom. The molecule has 0 saturated heterocycles. The lowest BCUT2D eigenvalue weighted by Gasteiger charge is -2.52. The van der Waals surface area contributed by atoms with Crippen LogP contribution in [0.4, 0.5) is 0 Å². The Morgan fingerprint density at radius 2 is 1.50 bits per heavy atom. The maximum Gasteiger partial charge on any atom is 0.0596 e. The van der Waals surface area contributed by atoms with E-state index in [0.717, 1.165) is 12.3 Å². The van der Waals surface area contributed by atoms with Crippen LogP contribution in [0.2, 0.25) is 0 Å². The Morgan fingerprint density at radius 1 is 1.00 bits per heavy atom. The van der Waals surface area contributed by atoms with Crippen molar-refractivity contribution in [2.24, 2.45) is 16.7 Å². The van der Waals surface area contributed by atoms with Crippen LogP contribution in [-0.2, 0) is 0 Å². The molecule has 0 bridgehead atoms. The van der Waals surface area contributed by atoms with Gasteiger partial charge in [0.1, 0.15) is 0 Å². The molecule has 0 aromatic carbocycles. The number of aliphatic hydroxyl groups excluding tert-OH is 1. The fraction of sp³-hybridized carbons (Fsp3) is 1.00. The first-order valence-electron chi connectivity index (χ1n) is 6.12. The number of hydrogen-bond acceptors (Lipinski definition) is 1. The SMILES string of the molecule is CC(C)(C)C1CCC2(CC1)CCC2O. The molecule has 2 saturated carbocycles. The first kappa shape index (κ1) is 10.5. The third-order valence-corrected chi connectivity index (χ3v) is 4.83. The zero-order valence-electron chi connectivity index (χ0n) is 9.84. The summed E-state index contributed by atoms with van der Waals surface area (Å²) in [5, 5.41) is 9.81. The summed E-state index contributed by atoms with van der Waals surface area (Å²) < 4.78 is 0. The number of rotatable bonds is 0. The summed E-state index contributed by atoms with van der Waals surface area (Å²) in [7, 11) is 0. The van der Waals surface area contributed by atoms with Gasteiger partial charge >= 0.3 is 0 Å². The molecular formula is C13H24O. The molecule has 14 heavy (non-hydrogen) atoms. The van der Waals surface area contributed by atoms with Crippen molar-refractivity contribution < 1.29 is 5.11 Å². The van der Waals surface area contributed by atoms with E-state index in [1.165, 1.54) is 32.1 Å². The van der Waals surface area contributed by atoms with Gasteiger partial charge in [0.2, 0.25) is 0 Å². The molecule has 2 aliphatic rings. The molecule has 1 unspecified atom stereocenters. The summed E-state index contributed by atoms with van der Waals surface area (Å²) in [6.07, 6.45) is 7.59. The smallest absolute Gasteiger partial charge is 0.0596 e. The molecule has 2 aliphatic carbocycles. The topological polar surface area (TPSA) is 20.2 Å². The highest BCUT2D eigenvalue weighted by Gasteiger charge is 2.48. The van der Waals surface area contributed by atoms with E-state index in [0.29, 0.717) is 10.8 Å². The van der Waals surface area contributed by atoms with E-state index in [2.05, 4.69) is 20.8 Å². The van der Waals surface area contributed by atoms with E-state index in [-0.39, 0.29) is 6.10 Å². The van der Waals surface area contributed by atoms with Crippen LogP contribution in [0.5, 0.6) is 0 Å². The molecule has 0 aliphatic heterocycles. The monoisotopic (exact) mass is 196 g/mol. The normalized spacial score (nSPS) is 43.7. The van der Waals surface area contributed by atoms with Crippen LogP contribution < -0.4 is 0 Å². The molecule has 0 aromatic heterocycles. The summed E-state index contributed by atoms with van der Waals surface area (Å²) in [5.41, 5.74) is 0.831. The van der Waals surface area contributed by atoms with Crippen LogP contribution in [0, 0.1) is 16.7 Å². The van der Waals surface area contributed by atoms with E-state index in [4.69, 9.17) is 0 Å². The van der Waals surface area contributed by atoms with Crippen molar-refractivity contribution in [1.82, 2.24) is 0 Å². The maximum absolute atomic E-state index is 9.81. The maximum atomic E-state index is 9.81. The second kappa shape index (κ2) is 3.23. The van der Waals surface area contributed by atoms with Gasteiger partial charge in [0.25, 0.3) is 0 Å². The van der Waals surface area contributed by atoms with Crippen LogP contribution in [0.15, 0.2) is 0 Å². The van der Waals surface area contributed by atoms with Crippen molar-refractivity contribution in [2.75, 3.05) is 0 Å². The van der Waals surface area contributed by atoms with Crippen molar-refractivity contribution in [3.63, 3.8) is 0 Å². The van der Waals surface area contributed by atoms with Gasteiger partial charge in [-0.1, -0.05) is 20.8 Å². The van der Waals surface area contributed by atoms with Crippen LogP contribution in [0.1, 0.15) is 59.3 Å². The average molecular weight is 196 g/mol. The molecule has 82 valence electrons. The van der Waals surface area contributed by atoms with Gasteiger partial charge in [0.05, 0.1) is 6.10 Å². The van der Waals surface area contributed by atoms with Crippen LogP contribution >= 0.6 is 0 Å². The second-order valence-corrected chi connectivity index (χ2v) is 6.56. The molecule has 0 aromatic rings. The molecule has 1 nitrogen and oxygen atoms in total. The zero-order chi connectivity index (χ0) is 10.4. The first-order chi connectivity index (χ1) is 6.44. The van der Waals surface area contributed by atoms with Gasteiger partial charge in [0, 0.05) is 0 Å². The van der Waals surface area contributed by atoms with Crippen LogP contribution in [0.25, 0.3) is 0 Å². The van der Waals surface area contributed by atoms with E-state index >= 15 is 0 Å². The van der Waals surface area contributed by atoms with Crippen LogP contribution in [0.3, 0.4) is 0 Å². The van der Waals surface area contributed by atoms with Gasteiger partial charge in [-0.15, -0.1) is 0 Å². The Labute approximate surface area is 87.9 Å². The summed E-state index contributed by atoms with van der Waals surface area (Å²) >= 11 is 0. The Hall–Kier alpha value is -0.0400. The summed E-state index contributed by atoms with van der Waals surface area (Å²) in [4.78, 5) is 0. The third-order valence-electron chi connectivity index (χ3n) is 4.83. The average Bonchev–Trinajstić information content (AvgIpc) is 2.14. The highest BCUT2D eigenvalue weighted by atomic mass is 16.3. The fourth-order valence-electron chi connectivity index (χ4n) is 3.32. The molecule has 2 rings (SSSR count). The second-order valence-electron chi connectivity index (χ2n) is 6.56. The summed E-state index contributed by atoms with van der Waals surface area (Å²) in [6.45, 7) is 7.06. The van der Waals surface area contributed by atoms with Crippen molar-refractivity contribution >= 4 is 0 Å². The van der Waals surface area contributed by atoms with E-state index in [1.807, 2.05) is 0 Å². The van der Waals surface area contributed by atoms with Gasteiger partial charge in [-0.2, -0.15) is 0 Å². The molecule has 1 atom stereocenters. The summed E-state index contributed by atoms with van der Waals surface area (Å²) in [5.74, 6) is 0.876. The molecule has 0 amide bonds. The van der Waals surface area contributed by atoms with Gasteiger partial charge < -0.3 is 5.11 Å². The summed E-state index contributed by atoms with van der Waals surface area (Å²) in [6, 6.07) is 0. The van der Waals surface area contributed by atoms with Crippen LogP contribution in [-0.4, -0.2) is 11.2 Å². The van der Waals surface area contributed by atoms with E-state index in [1.54, 1.807) is 0 Å². The minimum absolute atomic E-state index is 0.0309. The minimum Gasteiger partial charge on any atom is -0.393 e. The highest BCUT2D eigenvalue weighted by molar-refractivity contribution is 4.99. The highest BCUT2D eigenvalue weighted by Crippen LogP contribution is 2.55. The van der Waals surface area contributed by atoms with Gasteiger partial charge in [0.15, 0.2) is 0 Å². The van der Waals surface area contributed by atoms with Crippen molar-refractivity contribution in [2.45, 2.75) is 65.4 Å². The predicted molar refractivity (Wildman–Crippen MR) is 59.1 cm³/mol. The molecular weight excluding hydrogens is 172 g/mol. The molecule has 1 heteroatoms. The molecule has 0 radical (unpaired) electrons. The van der Waals surface area contributed by atoms with Crippen molar-refractivity contribution in [3.05, 3.63) is 0 Å². The lowest BCUT2D eigenvalue weighted by molar-refractivity contribution is -0.101. The quantitative estimate of drug-likeness (QED) is 0.630. The van der Waals surface area contributed by atoms with E-state index < -0.39 is 0 Å². The lowest BCUT2D eigenvalue weighted by atomic mass is 9.55. The predicted octanol–water partition coefficient (Wildman–Crippen LogP) is 3.36. The first-order valence-corrected chi connectivity index (χ1v) is 6.12. The Balaban J connectivity index is 1.92. The number of aliphatic hydroxyl groups is 1. The van der Waals surface area contributed by atoms with Gasteiger partial charge in [-0.05, 0) is 55.3 Å². The largest absolute Gasteiger partial charge is 0.393 e. The van der Waals surface area contributed by atoms with Gasteiger partial charge in [-0.3, -0.25) is 0 Å². The zero-order valence-corrected chi connectivity index (χ0v) is 9.84.